The van der Waals surface area contributed by atoms with Crippen LogP contribution in [0.2, 0.25) is 5.02 Å². The van der Waals surface area contributed by atoms with E-state index in [1.54, 1.807) is 12.1 Å². The molecule has 1 aromatic rings. The molecule has 1 atom stereocenters. The SMILES string of the molecule is CC1CN(Cc2c(O)cccc2Cl)CCN1. The average molecular weight is 241 g/mol. The maximum Gasteiger partial charge on any atom is 0.121 e. The van der Waals surface area contributed by atoms with Crippen LogP contribution in [0.4, 0.5) is 0 Å². The van der Waals surface area contributed by atoms with Gasteiger partial charge in [0.1, 0.15) is 5.75 Å². The standard InChI is InChI=1S/C12H17ClN2O/c1-9-7-15(6-5-14-9)8-10-11(13)3-2-4-12(10)16/h2-4,9,14,16H,5-8H2,1H3. The Labute approximate surface area is 101 Å². The van der Waals surface area contributed by atoms with Crippen LogP contribution >= 0.6 is 11.6 Å². The van der Waals surface area contributed by atoms with Gasteiger partial charge < -0.3 is 10.4 Å². The summed E-state index contributed by atoms with van der Waals surface area (Å²) >= 11 is 6.08. The van der Waals surface area contributed by atoms with Gasteiger partial charge in [0.05, 0.1) is 0 Å². The van der Waals surface area contributed by atoms with Crippen molar-refractivity contribution in [2.75, 3.05) is 19.6 Å². The summed E-state index contributed by atoms with van der Waals surface area (Å²) in [4.78, 5) is 2.31. The lowest BCUT2D eigenvalue weighted by molar-refractivity contribution is 0.198. The summed E-state index contributed by atoms with van der Waals surface area (Å²) in [6.45, 7) is 5.86. The average Bonchev–Trinajstić information content (AvgIpc) is 2.24. The molecule has 16 heavy (non-hydrogen) atoms. The van der Waals surface area contributed by atoms with E-state index in [-0.39, 0.29) is 0 Å². The summed E-state index contributed by atoms with van der Waals surface area (Å²) in [5.74, 6) is 0.290. The third-order valence-electron chi connectivity index (χ3n) is 2.93. The number of hydrogen-bond acceptors (Lipinski definition) is 3. The monoisotopic (exact) mass is 240 g/mol. The fourth-order valence-corrected chi connectivity index (χ4v) is 2.31. The van der Waals surface area contributed by atoms with E-state index in [9.17, 15) is 5.11 Å². The van der Waals surface area contributed by atoms with Crippen molar-refractivity contribution in [1.29, 1.82) is 0 Å². The molecule has 88 valence electrons. The second kappa shape index (κ2) is 5.04. The minimum Gasteiger partial charge on any atom is -0.508 e. The molecule has 2 rings (SSSR count). The number of piperazine rings is 1. The van der Waals surface area contributed by atoms with Crippen molar-refractivity contribution in [3.8, 4) is 5.75 Å². The highest BCUT2D eigenvalue weighted by atomic mass is 35.5. The Morgan fingerprint density at radius 3 is 3.06 bits per heavy atom. The quantitative estimate of drug-likeness (QED) is 0.828. The normalized spacial score (nSPS) is 22.2. The van der Waals surface area contributed by atoms with E-state index in [1.165, 1.54) is 0 Å². The smallest absolute Gasteiger partial charge is 0.121 e. The van der Waals surface area contributed by atoms with Crippen LogP contribution in [0.15, 0.2) is 18.2 Å². The lowest BCUT2D eigenvalue weighted by Gasteiger charge is -2.32. The molecule has 0 aromatic heterocycles. The summed E-state index contributed by atoms with van der Waals surface area (Å²) < 4.78 is 0. The van der Waals surface area contributed by atoms with E-state index in [0.717, 1.165) is 31.7 Å². The van der Waals surface area contributed by atoms with Gasteiger partial charge in [0.2, 0.25) is 0 Å². The van der Waals surface area contributed by atoms with E-state index in [2.05, 4.69) is 17.1 Å². The van der Waals surface area contributed by atoms with Crippen molar-refractivity contribution in [2.45, 2.75) is 19.5 Å². The highest BCUT2D eigenvalue weighted by Gasteiger charge is 2.17. The number of aromatic hydroxyl groups is 1. The largest absolute Gasteiger partial charge is 0.508 e. The van der Waals surface area contributed by atoms with Gasteiger partial charge >= 0.3 is 0 Å². The van der Waals surface area contributed by atoms with Crippen molar-refractivity contribution in [2.24, 2.45) is 0 Å². The summed E-state index contributed by atoms with van der Waals surface area (Å²) in [6.07, 6.45) is 0. The Kier molecular flexibility index (Phi) is 3.69. The second-order valence-corrected chi connectivity index (χ2v) is 4.74. The molecule has 0 radical (unpaired) electrons. The first-order valence-electron chi connectivity index (χ1n) is 5.59. The van der Waals surface area contributed by atoms with Crippen LogP contribution in [0.3, 0.4) is 0 Å². The topological polar surface area (TPSA) is 35.5 Å². The predicted octanol–water partition coefficient (Wildman–Crippen LogP) is 1.84. The first kappa shape index (κ1) is 11.7. The third-order valence-corrected chi connectivity index (χ3v) is 3.28. The lowest BCUT2D eigenvalue weighted by Crippen LogP contribution is -2.48. The molecule has 0 aliphatic carbocycles. The minimum absolute atomic E-state index is 0.290. The molecule has 1 unspecified atom stereocenters. The summed E-state index contributed by atoms with van der Waals surface area (Å²) in [5, 5.41) is 13.8. The van der Waals surface area contributed by atoms with Gasteiger partial charge in [0.25, 0.3) is 0 Å². The molecule has 0 amide bonds. The zero-order valence-corrected chi connectivity index (χ0v) is 10.2. The van der Waals surface area contributed by atoms with Gasteiger partial charge in [0, 0.05) is 42.8 Å². The molecule has 3 nitrogen and oxygen atoms in total. The number of rotatable bonds is 2. The molecule has 0 spiro atoms. The maximum absolute atomic E-state index is 9.76. The number of phenolic OH excluding ortho intramolecular Hbond substituents is 1. The number of phenols is 1. The van der Waals surface area contributed by atoms with E-state index in [0.29, 0.717) is 16.8 Å². The van der Waals surface area contributed by atoms with Gasteiger partial charge in [0.15, 0.2) is 0 Å². The molecule has 1 fully saturated rings. The number of hydrogen-bond donors (Lipinski definition) is 2. The van der Waals surface area contributed by atoms with Crippen LogP contribution in [0.1, 0.15) is 12.5 Å². The fourth-order valence-electron chi connectivity index (χ4n) is 2.08. The Balaban J connectivity index is 2.08. The third kappa shape index (κ3) is 2.67. The summed E-state index contributed by atoms with van der Waals surface area (Å²) in [6, 6.07) is 5.77. The maximum atomic E-state index is 9.76. The van der Waals surface area contributed by atoms with Crippen molar-refractivity contribution >= 4 is 11.6 Å². The molecule has 1 aromatic carbocycles. The van der Waals surface area contributed by atoms with Crippen molar-refractivity contribution in [1.82, 2.24) is 10.2 Å². The highest BCUT2D eigenvalue weighted by molar-refractivity contribution is 6.31. The first-order chi connectivity index (χ1) is 7.66. The van der Waals surface area contributed by atoms with Crippen LogP contribution in [-0.4, -0.2) is 35.7 Å². The Bertz CT molecular complexity index is 350. The van der Waals surface area contributed by atoms with Crippen LogP contribution in [0.25, 0.3) is 0 Å². The van der Waals surface area contributed by atoms with E-state index < -0.39 is 0 Å². The summed E-state index contributed by atoms with van der Waals surface area (Å²) in [7, 11) is 0. The van der Waals surface area contributed by atoms with E-state index in [4.69, 9.17) is 11.6 Å². The van der Waals surface area contributed by atoms with Crippen molar-refractivity contribution in [3.05, 3.63) is 28.8 Å². The first-order valence-corrected chi connectivity index (χ1v) is 5.96. The molecule has 2 N–H and O–H groups in total. The molecule has 1 heterocycles. The van der Waals surface area contributed by atoms with Crippen LogP contribution < -0.4 is 5.32 Å². The molecular weight excluding hydrogens is 224 g/mol. The fraction of sp³-hybridized carbons (Fsp3) is 0.500. The van der Waals surface area contributed by atoms with Crippen molar-refractivity contribution < 1.29 is 5.11 Å². The lowest BCUT2D eigenvalue weighted by atomic mass is 10.1. The second-order valence-electron chi connectivity index (χ2n) is 4.33. The van der Waals surface area contributed by atoms with Gasteiger partial charge in [-0.15, -0.1) is 0 Å². The Hall–Kier alpha value is -0.770. The van der Waals surface area contributed by atoms with Gasteiger partial charge in [-0.3, -0.25) is 4.90 Å². The number of benzene rings is 1. The minimum atomic E-state index is 0.290. The molecule has 1 saturated heterocycles. The van der Waals surface area contributed by atoms with Gasteiger partial charge in [-0.25, -0.2) is 0 Å². The Morgan fingerprint density at radius 2 is 2.38 bits per heavy atom. The number of nitrogens with zero attached hydrogens (tertiary/aromatic N) is 1. The molecule has 0 bridgehead atoms. The molecule has 1 aliphatic heterocycles. The van der Waals surface area contributed by atoms with Gasteiger partial charge in [-0.2, -0.15) is 0 Å². The van der Waals surface area contributed by atoms with E-state index >= 15 is 0 Å². The number of halogens is 1. The summed E-state index contributed by atoms with van der Waals surface area (Å²) in [5.41, 5.74) is 0.832. The zero-order chi connectivity index (χ0) is 11.5. The molecule has 0 saturated carbocycles. The number of nitrogens with one attached hydrogen (secondary N) is 1. The zero-order valence-electron chi connectivity index (χ0n) is 9.41. The molecule has 4 heteroatoms. The molecule has 1 aliphatic rings. The van der Waals surface area contributed by atoms with Gasteiger partial charge in [-0.05, 0) is 19.1 Å². The van der Waals surface area contributed by atoms with E-state index in [1.807, 2.05) is 6.07 Å². The molecular formula is C12H17ClN2O. The van der Waals surface area contributed by atoms with Gasteiger partial charge in [-0.1, -0.05) is 17.7 Å². The Morgan fingerprint density at radius 1 is 1.56 bits per heavy atom. The van der Waals surface area contributed by atoms with Crippen molar-refractivity contribution in [3.63, 3.8) is 0 Å². The van der Waals surface area contributed by atoms with Crippen LogP contribution in [0, 0.1) is 0 Å². The van der Waals surface area contributed by atoms with Crippen LogP contribution in [0.5, 0.6) is 5.75 Å². The van der Waals surface area contributed by atoms with Crippen LogP contribution in [-0.2, 0) is 6.54 Å². The predicted molar refractivity (Wildman–Crippen MR) is 65.9 cm³/mol. The highest BCUT2D eigenvalue weighted by Crippen LogP contribution is 2.26.